The Morgan fingerprint density at radius 3 is 0.727 bits per heavy atom. The number of rotatable bonds is 56. The summed E-state index contributed by atoms with van der Waals surface area (Å²) in [5.74, 6) is 0.471. The van der Waals surface area contributed by atoms with Gasteiger partial charge in [-0.05, 0) is 217 Å². The number of thiophene rings is 3. The van der Waals surface area contributed by atoms with E-state index in [4.69, 9.17) is 95.8 Å². The van der Waals surface area contributed by atoms with E-state index in [1.807, 2.05) is 42.5 Å². The molecule has 0 saturated heterocycles. The van der Waals surface area contributed by atoms with Gasteiger partial charge in [0.05, 0.1) is 153 Å². The summed E-state index contributed by atoms with van der Waals surface area (Å²) in [6, 6.07) is 57.7. The Hall–Kier alpha value is -12.0. The maximum Gasteiger partial charge on any atom is 0.329 e. The molecular formula is C95H100O30S3. The molecule has 0 radical (unpaired) electrons. The highest BCUT2D eigenvalue weighted by atomic mass is 32.1. The summed E-state index contributed by atoms with van der Waals surface area (Å²) >= 11 is 4.38. The number of phenols is 4. The summed E-state index contributed by atoms with van der Waals surface area (Å²) in [5.41, 5.74) is 5.84. The van der Waals surface area contributed by atoms with Crippen molar-refractivity contribution in [3.63, 3.8) is 0 Å². The lowest BCUT2D eigenvalue weighted by molar-refractivity contribution is -0.143. The van der Waals surface area contributed by atoms with E-state index in [-0.39, 0.29) is 80.0 Å². The summed E-state index contributed by atoms with van der Waals surface area (Å²) in [6.07, 6.45) is 0. The monoisotopic (exact) mass is 1820 g/mol. The van der Waals surface area contributed by atoms with Crippen LogP contribution in [0.25, 0.3) is 61.6 Å². The molecule has 0 saturated carbocycles. The fourth-order valence-electron chi connectivity index (χ4n) is 12.3. The van der Waals surface area contributed by atoms with Crippen LogP contribution in [-0.4, -0.2) is 264 Å². The van der Waals surface area contributed by atoms with E-state index in [9.17, 15) is 49.2 Å². The molecule has 0 fully saturated rings. The number of methoxy groups -OCH3 is 2. The summed E-state index contributed by atoms with van der Waals surface area (Å²) in [4.78, 5) is 74.6. The molecule has 0 unspecified atom stereocenters. The van der Waals surface area contributed by atoms with Crippen molar-refractivity contribution in [2.75, 3.05) is 193 Å². The Morgan fingerprint density at radius 1 is 0.242 bits per heavy atom. The highest BCUT2D eigenvalue weighted by Crippen LogP contribution is 2.45. The number of ketones is 3. The fraction of sp³-hybridized carbons (Fsp3) is 0.305. The van der Waals surface area contributed by atoms with Crippen LogP contribution in [-0.2, 0) is 71.2 Å². The van der Waals surface area contributed by atoms with Gasteiger partial charge in [0.15, 0.2) is 17.3 Å². The molecule has 9 aromatic carbocycles. The zero-order valence-corrected chi connectivity index (χ0v) is 72.8. The Balaban J connectivity index is 0.000000200. The second kappa shape index (κ2) is 53.6. The van der Waals surface area contributed by atoms with Crippen molar-refractivity contribution in [2.45, 2.75) is 0 Å². The molecule has 0 aliphatic heterocycles. The average molecular weight is 1820 g/mol. The molecule has 0 atom stereocenters. The first-order chi connectivity index (χ1) is 62.3. The number of hydrogen-bond donors (Lipinski definition) is 7. The number of fused-ring (bicyclic) bond motifs is 3. The van der Waals surface area contributed by atoms with Crippen molar-refractivity contribution < 1.29 is 145 Å². The van der Waals surface area contributed by atoms with Crippen molar-refractivity contribution in [2.24, 2.45) is 0 Å². The number of phenolic OH excluding ortho intramolecular Hbond substituents is 4. The molecule has 0 bridgehead atoms. The molecule has 7 N–H and O–H groups in total. The van der Waals surface area contributed by atoms with E-state index in [2.05, 4.69) is 0 Å². The molecule has 3 heterocycles. The lowest BCUT2D eigenvalue weighted by Crippen LogP contribution is -2.15. The number of carboxylic acids is 3. The topological polar surface area (TPSA) is 401 Å². The van der Waals surface area contributed by atoms with Crippen molar-refractivity contribution in [1.29, 1.82) is 0 Å². The molecule has 3 aromatic heterocycles. The van der Waals surface area contributed by atoms with Crippen LogP contribution in [0, 0.1) is 0 Å². The number of ether oxygens (including phenoxy) is 17. The molecule has 12 rings (SSSR count). The number of carboxylic acid groups (broad SMARTS) is 3. The van der Waals surface area contributed by atoms with Gasteiger partial charge in [0, 0.05) is 78.3 Å². The number of hydrogen-bond acceptors (Lipinski definition) is 30. The first-order valence-electron chi connectivity index (χ1n) is 40.6. The van der Waals surface area contributed by atoms with Crippen molar-refractivity contribution >= 4 is 99.5 Å². The lowest BCUT2D eigenvalue weighted by atomic mass is 9.97. The normalized spacial score (nSPS) is 11.1. The molecule has 30 nitrogen and oxygen atoms in total. The second-order valence-electron chi connectivity index (χ2n) is 27.4. The molecule has 0 aliphatic rings. The van der Waals surface area contributed by atoms with Gasteiger partial charge in [0.25, 0.3) is 0 Å². The molecule has 0 spiro atoms. The Labute approximate surface area is 749 Å². The van der Waals surface area contributed by atoms with Crippen LogP contribution in [0.15, 0.2) is 200 Å². The third-order valence-electron chi connectivity index (χ3n) is 18.4. The Kier molecular flexibility index (Phi) is 41.1. The predicted octanol–water partition coefficient (Wildman–Crippen LogP) is 14.8. The number of carbonyl (C=O) groups excluding carboxylic acids is 3. The van der Waals surface area contributed by atoms with Gasteiger partial charge in [0.1, 0.15) is 91.4 Å². The van der Waals surface area contributed by atoms with Gasteiger partial charge < -0.3 is 116 Å². The minimum Gasteiger partial charge on any atom is -0.508 e. The summed E-state index contributed by atoms with van der Waals surface area (Å²) < 4.78 is 93.6. The van der Waals surface area contributed by atoms with Crippen LogP contribution >= 0.6 is 34.0 Å². The zero-order valence-electron chi connectivity index (χ0n) is 70.4. The Bertz CT molecular complexity index is 5440. The zero-order chi connectivity index (χ0) is 90.6. The van der Waals surface area contributed by atoms with E-state index >= 15 is 0 Å². The largest absolute Gasteiger partial charge is 0.508 e. The number of aliphatic carboxylic acids is 3. The van der Waals surface area contributed by atoms with Crippen LogP contribution in [0.2, 0.25) is 0 Å². The van der Waals surface area contributed by atoms with E-state index < -0.39 is 17.9 Å². The Morgan fingerprint density at radius 2 is 0.461 bits per heavy atom. The van der Waals surface area contributed by atoms with E-state index in [0.29, 0.717) is 195 Å². The van der Waals surface area contributed by atoms with E-state index in [1.54, 1.807) is 172 Å². The minimum absolute atomic E-state index is 0.105. The highest BCUT2D eigenvalue weighted by Gasteiger charge is 2.26. The van der Waals surface area contributed by atoms with Crippen LogP contribution in [0.5, 0.6) is 51.7 Å². The molecule has 128 heavy (non-hydrogen) atoms. The third kappa shape index (κ3) is 31.8. The van der Waals surface area contributed by atoms with Gasteiger partial charge in [-0.15, -0.1) is 34.0 Å². The smallest absolute Gasteiger partial charge is 0.329 e. The SMILES string of the molecule is COc1ccc(-c2sc3cc(O)ccc3c2C(=O)c2ccc(OCCOCCOCCOCCOCC(=O)O)cc2)cc1.COc1ccc2c(C(=O)c3ccc(OCCOCCOCCOCCOCC(=O)O)cc3)c(-c3ccc(O)cc3)sc2c1.O=C(O)COCCOCCOCCOCCOc1ccc(C(=O)c2c(-c3ccc(O)cc3)sc3cc(O)ccc23)cc1. The van der Waals surface area contributed by atoms with Crippen molar-refractivity contribution in [1.82, 2.24) is 0 Å². The van der Waals surface area contributed by atoms with Gasteiger partial charge in [-0.3, -0.25) is 14.4 Å². The van der Waals surface area contributed by atoms with Gasteiger partial charge >= 0.3 is 17.9 Å². The fourth-order valence-corrected chi connectivity index (χ4v) is 16.0. The number of benzene rings is 9. The lowest BCUT2D eigenvalue weighted by Gasteiger charge is -2.09. The quantitative estimate of drug-likeness (QED) is 0.0137. The van der Waals surface area contributed by atoms with Gasteiger partial charge in [-0.25, -0.2) is 14.4 Å². The first-order valence-corrected chi connectivity index (χ1v) is 43.0. The standard InChI is InChI=1S/2C32H34O10S.C31H32O10S/c1-37-25-7-4-23(5-8-25)32-30(27-11-6-24(33)20-28(27)43-32)31(36)22-2-9-26(10-3-22)42-19-18-40-15-14-38-12-13-39-16-17-41-21-29(34)35;1-37-26-10-11-27-28(20-26)43-32(23-2-6-24(33)7-3-23)30(27)31(36)22-4-8-25(9-5-22)42-19-18-40-15-14-38-12-13-39-16-17-41-21-29(34)35;32-23-5-1-22(2-6-23)31-29(26-10-7-24(33)19-27(26)42-31)30(36)21-3-8-25(9-4-21)41-18-17-39-14-13-37-11-12-38-15-16-40-20-28(34)35/h2*2-11,20,33H,12-19,21H2,1H3,(H,34,35);1-10,19,32-33H,11-18,20H2,(H,34,35). The van der Waals surface area contributed by atoms with Crippen LogP contribution in [0.1, 0.15) is 47.8 Å². The maximum atomic E-state index is 13.8. The van der Waals surface area contributed by atoms with Gasteiger partial charge in [0.2, 0.25) is 0 Å². The molecule has 0 amide bonds. The molecule has 12 aromatic rings. The first kappa shape index (κ1) is 98.2. The van der Waals surface area contributed by atoms with Gasteiger partial charge in [-0.1, -0.05) is 0 Å². The average Bonchev–Trinajstić information content (AvgIpc) is 1.63. The summed E-state index contributed by atoms with van der Waals surface area (Å²) in [7, 11) is 3.22. The molecular weight excluding hydrogens is 1720 g/mol. The molecule has 0 aliphatic carbocycles. The molecule has 33 heteroatoms. The van der Waals surface area contributed by atoms with E-state index in [1.165, 1.54) is 34.0 Å². The highest BCUT2D eigenvalue weighted by molar-refractivity contribution is 7.23. The number of carbonyl (C=O) groups is 6. The summed E-state index contributed by atoms with van der Waals surface area (Å²) in [5, 5.41) is 67.2. The van der Waals surface area contributed by atoms with E-state index in [0.717, 1.165) is 67.3 Å². The maximum absolute atomic E-state index is 13.8. The van der Waals surface area contributed by atoms with Crippen LogP contribution in [0.4, 0.5) is 0 Å². The minimum atomic E-state index is -1.01. The van der Waals surface area contributed by atoms with Crippen LogP contribution in [0.3, 0.4) is 0 Å². The molecule has 678 valence electrons. The number of aromatic hydroxyl groups is 4. The van der Waals surface area contributed by atoms with Crippen molar-refractivity contribution in [3.05, 3.63) is 234 Å². The summed E-state index contributed by atoms with van der Waals surface area (Å²) in [6.45, 7) is 7.45. The predicted molar refractivity (Wildman–Crippen MR) is 480 cm³/mol. The third-order valence-corrected chi connectivity index (χ3v) is 22.0. The van der Waals surface area contributed by atoms with Crippen LogP contribution < -0.4 is 23.7 Å². The second-order valence-corrected chi connectivity index (χ2v) is 30.6. The van der Waals surface area contributed by atoms with Crippen molar-refractivity contribution in [3.8, 4) is 83.1 Å². The van der Waals surface area contributed by atoms with Gasteiger partial charge in [-0.2, -0.15) is 0 Å².